The first-order valence-corrected chi connectivity index (χ1v) is 13.8. The van der Waals surface area contributed by atoms with E-state index in [1.807, 2.05) is 32.0 Å². The second kappa shape index (κ2) is 11.6. The number of carbonyl (C=O) groups is 1. The number of ether oxygens (including phenoxy) is 1. The predicted octanol–water partition coefficient (Wildman–Crippen LogP) is 4.06. The molecule has 0 N–H and O–H groups in total. The van der Waals surface area contributed by atoms with Crippen LogP contribution in [0.1, 0.15) is 49.3 Å². The van der Waals surface area contributed by atoms with Crippen LogP contribution in [0.2, 0.25) is 0 Å². The standard InChI is InChI=1S/C30H36N6O4/c1-6-39-29(37)24-19(2)25-27(35-17-15-34(16-18-35)14-10-13-23-11-8-7-9-12-23)32-30(38)36(28(25)31-20(24)3)26-21(4)33-40-22(26)5/h7-13,19,24H,6,14-18H2,1-5H3. The zero-order valence-corrected chi connectivity index (χ0v) is 23.8. The normalized spacial score (nSPS) is 19.5. The lowest BCUT2D eigenvalue weighted by Gasteiger charge is -2.38. The Morgan fingerprint density at radius 1 is 1.12 bits per heavy atom. The van der Waals surface area contributed by atoms with E-state index in [9.17, 15) is 9.59 Å². The molecule has 10 heteroatoms. The Kier molecular flexibility index (Phi) is 7.97. The maximum atomic E-state index is 13.6. The molecule has 2 atom stereocenters. The average Bonchev–Trinajstić information content (AvgIpc) is 3.26. The van der Waals surface area contributed by atoms with Crippen molar-refractivity contribution >= 4 is 29.4 Å². The van der Waals surface area contributed by atoms with Gasteiger partial charge in [0.2, 0.25) is 0 Å². The number of fused-ring (bicyclic) bond motifs is 1. The lowest BCUT2D eigenvalue weighted by atomic mass is 9.82. The van der Waals surface area contributed by atoms with Crippen molar-refractivity contribution in [1.29, 1.82) is 0 Å². The molecule has 1 fully saturated rings. The summed E-state index contributed by atoms with van der Waals surface area (Å²) in [5.41, 5.74) is 3.20. The number of aliphatic imine (C=N–C) groups is 1. The largest absolute Gasteiger partial charge is 0.465 e. The van der Waals surface area contributed by atoms with Crippen LogP contribution in [0.5, 0.6) is 0 Å². The minimum atomic E-state index is -0.562. The molecule has 0 bridgehead atoms. The Hall–Kier alpha value is -4.05. The zero-order valence-electron chi connectivity index (χ0n) is 23.8. The summed E-state index contributed by atoms with van der Waals surface area (Å²) < 4.78 is 12.3. The van der Waals surface area contributed by atoms with Crippen LogP contribution in [0.4, 0.5) is 11.6 Å². The van der Waals surface area contributed by atoms with Gasteiger partial charge in [-0.2, -0.15) is 4.98 Å². The Bertz CT molecular complexity index is 1480. The summed E-state index contributed by atoms with van der Waals surface area (Å²) in [5, 5.41) is 4.05. The van der Waals surface area contributed by atoms with Gasteiger partial charge in [0.1, 0.15) is 28.9 Å². The van der Waals surface area contributed by atoms with E-state index in [0.717, 1.165) is 25.2 Å². The number of carbonyl (C=O) groups excluding carboxylic acids is 1. The fourth-order valence-corrected chi connectivity index (χ4v) is 5.69. The molecule has 2 unspecified atom stereocenters. The molecule has 2 aromatic heterocycles. The van der Waals surface area contributed by atoms with Crippen molar-refractivity contribution < 1.29 is 14.1 Å². The lowest BCUT2D eigenvalue weighted by molar-refractivity contribution is -0.146. The molecule has 1 saturated heterocycles. The summed E-state index contributed by atoms with van der Waals surface area (Å²) in [4.78, 5) is 40.6. The number of hydrogen-bond donors (Lipinski definition) is 0. The van der Waals surface area contributed by atoms with E-state index in [4.69, 9.17) is 14.3 Å². The fraction of sp³-hybridized carbons (Fsp3) is 0.433. The predicted molar refractivity (Wildman–Crippen MR) is 155 cm³/mol. The van der Waals surface area contributed by atoms with Crippen LogP contribution < -0.4 is 10.6 Å². The highest BCUT2D eigenvalue weighted by atomic mass is 16.5. The van der Waals surface area contributed by atoms with Crippen molar-refractivity contribution in [1.82, 2.24) is 19.6 Å². The van der Waals surface area contributed by atoms with E-state index < -0.39 is 11.6 Å². The zero-order chi connectivity index (χ0) is 28.4. The van der Waals surface area contributed by atoms with Crippen LogP contribution >= 0.6 is 0 Å². The average molecular weight is 545 g/mol. The molecular weight excluding hydrogens is 508 g/mol. The summed E-state index contributed by atoms with van der Waals surface area (Å²) in [6.45, 7) is 13.3. The molecule has 0 radical (unpaired) electrons. The molecule has 2 aliphatic rings. The smallest absolute Gasteiger partial charge is 0.356 e. The van der Waals surface area contributed by atoms with Crippen molar-refractivity contribution in [3.63, 3.8) is 0 Å². The maximum Gasteiger partial charge on any atom is 0.356 e. The minimum absolute atomic E-state index is 0.284. The highest BCUT2D eigenvalue weighted by Crippen LogP contribution is 2.43. The number of esters is 1. The number of benzene rings is 1. The monoisotopic (exact) mass is 544 g/mol. The van der Waals surface area contributed by atoms with Gasteiger partial charge >= 0.3 is 11.7 Å². The Labute approximate surface area is 234 Å². The van der Waals surface area contributed by atoms with Crippen molar-refractivity contribution in [2.45, 2.75) is 40.5 Å². The number of aromatic nitrogens is 3. The van der Waals surface area contributed by atoms with E-state index in [-0.39, 0.29) is 18.5 Å². The van der Waals surface area contributed by atoms with E-state index in [0.29, 0.717) is 47.6 Å². The van der Waals surface area contributed by atoms with Crippen LogP contribution in [0.15, 0.2) is 50.7 Å². The Morgan fingerprint density at radius 2 is 1.85 bits per heavy atom. The number of aryl methyl sites for hydroxylation is 2. The number of rotatable bonds is 7. The molecule has 2 aliphatic heterocycles. The molecule has 0 aliphatic carbocycles. The highest BCUT2D eigenvalue weighted by molar-refractivity contribution is 6.04. The van der Waals surface area contributed by atoms with Gasteiger partial charge in [0.05, 0.1) is 6.61 Å². The van der Waals surface area contributed by atoms with Gasteiger partial charge in [0, 0.05) is 49.9 Å². The first-order chi connectivity index (χ1) is 19.3. The molecule has 0 spiro atoms. The lowest BCUT2D eigenvalue weighted by Crippen LogP contribution is -2.48. The summed E-state index contributed by atoms with van der Waals surface area (Å²) >= 11 is 0. The molecule has 0 saturated carbocycles. The van der Waals surface area contributed by atoms with Gasteiger partial charge in [-0.05, 0) is 33.3 Å². The van der Waals surface area contributed by atoms with Crippen LogP contribution in [0.3, 0.4) is 0 Å². The van der Waals surface area contributed by atoms with Crippen LogP contribution in [0, 0.1) is 19.8 Å². The van der Waals surface area contributed by atoms with Crippen LogP contribution in [-0.4, -0.2) is 70.6 Å². The molecule has 40 heavy (non-hydrogen) atoms. The van der Waals surface area contributed by atoms with Crippen molar-refractivity contribution in [2.75, 3.05) is 44.2 Å². The number of anilines is 1. The topological polar surface area (TPSA) is 106 Å². The van der Waals surface area contributed by atoms with Gasteiger partial charge in [0.25, 0.3) is 0 Å². The molecular formula is C30H36N6O4. The third-order valence-electron chi connectivity index (χ3n) is 7.68. The maximum absolute atomic E-state index is 13.6. The summed E-state index contributed by atoms with van der Waals surface area (Å²) in [6.07, 6.45) is 4.32. The van der Waals surface area contributed by atoms with Crippen LogP contribution in [-0.2, 0) is 9.53 Å². The van der Waals surface area contributed by atoms with Crippen molar-refractivity contribution in [3.8, 4) is 5.69 Å². The molecule has 0 amide bonds. The molecule has 5 rings (SSSR count). The first kappa shape index (κ1) is 27.5. The van der Waals surface area contributed by atoms with Crippen molar-refractivity contribution in [2.24, 2.45) is 10.9 Å². The van der Waals surface area contributed by atoms with E-state index in [1.165, 1.54) is 10.1 Å². The summed E-state index contributed by atoms with van der Waals surface area (Å²) in [6, 6.07) is 10.2. The van der Waals surface area contributed by atoms with E-state index >= 15 is 0 Å². The summed E-state index contributed by atoms with van der Waals surface area (Å²) in [7, 11) is 0. The SMILES string of the molecule is CCOC(=O)C1C(C)=Nc2c(c(N3CCN(CC=Cc4ccccc4)CC3)nc(=O)n2-c2c(C)noc2C)C1C. The van der Waals surface area contributed by atoms with Crippen molar-refractivity contribution in [3.05, 3.63) is 69.5 Å². The second-order valence-electron chi connectivity index (χ2n) is 10.3. The fourth-order valence-electron chi connectivity index (χ4n) is 5.69. The quantitative estimate of drug-likeness (QED) is 0.410. The molecule has 3 aromatic rings. The van der Waals surface area contributed by atoms with E-state index in [1.54, 1.807) is 20.8 Å². The minimum Gasteiger partial charge on any atom is -0.465 e. The molecule has 210 valence electrons. The molecule has 1 aromatic carbocycles. The first-order valence-electron chi connectivity index (χ1n) is 13.8. The third-order valence-corrected chi connectivity index (χ3v) is 7.68. The number of nitrogens with zero attached hydrogens (tertiary/aromatic N) is 6. The summed E-state index contributed by atoms with van der Waals surface area (Å²) in [5.74, 6) is 0.379. The Balaban J connectivity index is 1.48. The number of hydrogen-bond acceptors (Lipinski definition) is 9. The Morgan fingerprint density at radius 3 is 2.50 bits per heavy atom. The number of piperazine rings is 1. The van der Waals surface area contributed by atoms with E-state index in [2.05, 4.69) is 44.2 Å². The van der Waals surface area contributed by atoms with Gasteiger partial charge in [-0.25, -0.2) is 14.4 Å². The second-order valence-corrected chi connectivity index (χ2v) is 10.3. The third kappa shape index (κ3) is 5.23. The highest BCUT2D eigenvalue weighted by Gasteiger charge is 2.40. The van der Waals surface area contributed by atoms with Crippen LogP contribution in [0.25, 0.3) is 11.8 Å². The van der Waals surface area contributed by atoms with Gasteiger partial charge in [-0.3, -0.25) is 9.69 Å². The molecule has 4 heterocycles. The van der Waals surface area contributed by atoms with Gasteiger partial charge in [-0.15, -0.1) is 0 Å². The van der Waals surface area contributed by atoms with Gasteiger partial charge < -0.3 is 14.2 Å². The van der Waals surface area contributed by atoms with Gasteiger partial charge in [0.15, 0.2) is 5.76 Å². The van der Waals surface area contributed by atoms with Gasteiger partial charge in [-0.1, -0.05) is 54.6 Å². The molecule has 10 nitrogen and oxygen atoms in total.